The maximum absolute atomic E-state index is 13.6. The average molecular weight is 421 g/mol. The molecule has 3 aromatic carbocycles. The van der Waals surface area contributed by atoms with E-state index in [2.05, 4.69) is 21.1 Å². The van der Waals surface area contributed by atoms with Gasteiger partial charge in [-0.3, -0.25) is 0 Å². The zero-order valence-electron chi connectivity index (χ0n) is 16.1. The Morgan fingerprint density at radius 3 is 2.39 bits per heavy atom. The van der Waals surface area contributed by atoms with Crippen molar-refractivity contribution in [3.63, 3.8) is 0 Å². The van der Waals surface area contributed by atoms with Crippen LogP contribution in [0.3, 0.4) is 0 Å². The van der Waals surface area contributed by atoms with Crippen LogP contribution in [0.2, 0.25) is 0 Å². The van der Waals surface area contributed by atoms with Crippen LogP contribution >= 0.6 is 0 Å². The number of halogens is 3. The molecule has 8 heteroatoms. The first-order valence-corrected chi connectivity index (χ1v) is 9.10. The first-order chi connectivity index (χ1) is 14.8. The van der Waals surface area contributed by atoms with Gasteiger partial charge in [0.2, 0.25) is 0 Å². The SMILES string of the molecule is COC(=O)c1ccc(Nc2ccc3cc4ccc(C#N)cc4nc3c2)c(C(F)(F)F)c1. The Morgan fingerprint density at radius 2 is 1.71 bits per heavy atom. The van der Waals surface area contributed by atoms with E-state index in [1.807, 2.05) is 6.07 Å². The Labute approximate surface area is 174 Å². The van der Waals surface area contributed by atoms with Crippen LogP contribution in [0.4, 0.5) is 24.5 Å². The lowest BCUT2D eigenvalue weighted by atomic mass is 10.1. The van der Waals surface area contributed by atoms with Crippen LogP contribution < -0.4 is 5.32 Å². The van der Waals surface area contributed by atoms with E-state index in [1.54, 1.807) is 36.4 Å². The minimum Gasteiger partial charge on any atom is -0.465 e. The second-order valence-electron chi connectivity index (χ2n) is 6.79. The van der Waals surface area contributed by atoms with Crippen molar-refractivity contribution >= 4 is 39.1 Å². The lowest BCUT2D eigenvalue weighted by Gasteiger charge is -2.16. The molecule has 0 amide bonds. The molecule has 0 aliphatic carbocycles. The van der Waals surface area contributed by atoms with Crippen molar-refractivity contribution in [1.82, 2.24) is 4.98 Å². The molecule has 4 aromatic rings. The van der Waals surface area contributed by atoms with Crippen molar-refractivity contribution in [3.05, 3.63) is 77.4 Å². The second kappa shape index (κ2) is 7.61. The molecule has 5 nitrogen and oxygen atoms in total. The number of hydrogen-bond donors (Lipinski definition) is 1. The number of nitrogens with zero attached hydrogens (tertiary/aromatic N) is 2. The van der Waals surface area contributed by atoms with Crippen LogP contribution in [0, 0.1) is 11.3 Å². The van der Waals surface area contributed by atoms with Crippen molar-refractivity contribution in [3.8, 4) is 6.07 Å². The van der Waals surface area contributed by atoms with Crippen molar-refractivity contribution in [2.75, 3.05) is 12.4 Å². The highest BCUT2D eigenvalue weighted by Crippen LogP contribution is 2.37. The maximum atomic E-state index is 13.6. The average Bonchev–Trinajstić information content (AvgIpc) is 2.76. The molecular weight excluding hydrogens is 407 g/mol. The summed E-state index contributed by atoms with van der Waals surface area (Å²) in [6, 6.07) is 17.3. The lowest BCUT2D eigenvalue weighted by molar-refractivity contribution is -0.136. The summed E-state index contributed by atoms with van der Waals surface area (Å²) in [7, 11) is 1.10. The molecule has 1 N–H and O–H groups in total. The van der Waals surface area contributed by atoms with Gasteiger partial charge < -0.3 is 10.1 Å². The Kier molecular flexibility index (Phi) is 4.95. The summed E-state index contributed by atoms with van der Waals surface area (Å²) < 4.78 is 45.2. The minimum absolute atomic E-state index is 0.194. The van der Waals surface area contributed by atoms with Crippen molar-refractivity contribution in [2.24, 2.45) is 0 Å². The molecule has 0 radical (unpaired) electrons. The largest absolute Gasteiger partial charge is 0.465 e. The summed E-state index contributed by atoms with van der Waals surface area (Å²) in [5.41, 5.74) is 0.656. The van der Waals surface area contributed by atoms with Gasteiger partial charge in [-0.25, -0.2) is 9.78 Å². The van der Waals surface area contributed by atoms with Crippen LogP contribution in [-0.2, 0) is 10.9 Å². The van der Waals surface area contributed by atoms with Crippen LogP contribution in [-0.4, -0.2) is 18.1 Å². The first-order valence-electron chi connectivity index (χ1n) is 9.10. The summed E-state index contributed by atoms with van der Waals surface area (Å²) in [5, 5.41) is 13.5. The predicted octanol–water partition coefficient (Wildman–Crippen LogP) is 5.81. The molecule has 0 spiro atoms. The summed E-state index contributed by atoms with van der Waals surface area (Å²) in [5.74, 6) is -0.851. The van der Waals surface area contributed by atoms with E-state index in [0.29, 0.717) is 22.3 Å². The highest BCUT2D eigenvalue weighted by Gasteiger charge is 2.34. The number of nitrogens with one attached hydrogen (secondary N) is 1. The molecule has 0 atom stereocenters. The van der Waals surface area contributed by atoms with E-state index in [1.165, 1.54) is 12.1 Å². The molecular formula is C23H14F3N3O2. The van der Waals surface area contributed by atoms with Gasteiger partial charge in [0.1, 0.15) is 0 Å². The van der Waals surface area contributed by atoms with Crippen LogP contribution in [0.15, 0.2) is 60.7 Å². The number of esters is 1. The van der Waals surface area contributed by atoms with Crippen molar-refractivity contribution < 1.29 is 22.7 Å². The van der Waals surface area contributed by atoms with Crippen molar-refractivity contribution in [2.45, 2.75) is 6.18 Å². The molecule has 1 aromatic heterocycles. The monoisotopic (exact) mass is 421 g/mol. The Balaban J connectivity index is 1.76. The number of carbonyl (C=O) groups is 1. The number of pyridine rings is 1. The van der Waals surface area contributed by atoms with E-state index < -0.39 is 17.7 Å². The van der Waals surface area contributed by atoms with E-state index in [9.17, 15) is 18.0 Å². The van der Waals surface area contributed by atoms with Crippen LogP contribution in [0.5, 0.6) is 0 Å². The second-order valence-corrected chi connectivity index (χ2v) is 6.79. The number of rotatable bonds is 3. The van der Waals surface area contributed by atoms with Gasteiger partial charge in [0.05, 0.1) is 46.6 Å². The van der Waals surface area contributed by atoms with E-state index in [-0.39, 0.29) is 11.3 Å². The smallest absolute Gasteiger partial charge is 0.418 e. The fraction of sp³-hybridized carbons (Fsp3) is 0.0870. The quantitative estimate of drug-likeness (QED) is 0.334. The molecule has 0 bridgehead atoms. The molecule has 0 saturated carbocycles. The zero-order chi connectivity index (χ0) is 22.2. The summed E-state index contributed by atoms with van der Waals surface area (Å²) in [4.78, 5) is 16.2. The molecule has 154 valence electrons. The summed E-state index contributed by atoms with van der Waals surface area (Å²) in [6.45, 7) is 0. The minimum atomic E-state index is -4.68. The normalized spacial score (nSPS) is 11.3. The lowest BCUT2D eigenvalue weighted by Crippen LogP contribution is -2.11. The van der Waals surface area contributed by atoms with Gasteiger partial charge in [0.15, 0.2) is 0 Å². The number of nitriles is 1. The van der Waals surface area contributed by atoms with Gasteiger partial charge in [-0.1, -0.05) is 12.1 Å². The van der Waals surface area contributed by atoms with Gasteiger partial charge in [0, 0.05) is 16.5 Å². The third kappa shape index (κ3) is 3.98. The number of aromatic nitrogens is 1. The first kappa shape index (κ1) is 20.2. The topological polar surface area (TPSA) is 75.0 Å². The fourth-order valence-corrected chi connectivity index (χ4v) is 3.26. The Morgan fingerprint density at radius 1 is 1.00 bits per heavy atom. The van der Waals surface area contributed by atoms with Gasteiger partial charge >= 0.3 is 12.1 Å². The van der Waals surface area contributed by atoms with Gasteiger partial charge in [-0.05, 0) is 48.5 Å². The number of hydrogen-bond acceptors (Lipinski definition) is 5. The van der Waals surface area contributed by atoms with Gasteiger partial charge in [0.25, 0.3) is 0 Å². The highest BCUT2D eigenvalue weighted by atomic mass is 19.4. The molecule has 1 heterocycles. The Bertz CT molecular complexity index is 1370. The Hall–Kier alpha value is -4.12. The number of fused-ring (bicyclic) bond motifs is 2. The molecule has 0 fully saturated rings. The van der Waals surface area contributed by atoms with Gasteiger partial charge in [-0.2, -0.15) is 18.4 Å². The number of benzene rings is 3. The van der Waals surface area contributed by atoms with Crippen LogP contribution in [0.1, 0.15) is 21.5 Å². The van der Waals surface area contributed by atoms with Crippen molar-refractivity contribution in [1.29, 1.82) is 5.26 Å². The molecule has 0 aliphatic rings. The number of methoxy groups -OCH3 is 1. The number of anilines is 2. The zero-order valence-corrected chi connectivity index (χ0v) is 16.1. The molecule has 0 unspecified atom stereocenters. The molecule has 0 saturated heterocycles. The number of alkyl halides is 3. The van der Waals surface area contributed by atoms with Crippen LogP contribution in [0.25, 0.3) is 21.8 Å². The maximum Gasteiger partial charge on any atom is 0.418 e. The molecule has 0 aliphatic heterocycles. The van der Waals surface area contributed by atoms with E-state index in [4.69, 9.17) is 5.26 Å². The van der Waals surface area contributed by atoms with Gasteiger partial charge in [-0.15, -0.1) is 0 Å². The van der Waals surface area contributed by atoms with E-state index >= 15 is 0 Å². The standard InChI is InChI=1S/C23H14F3N3O2/c1-31-22(30)16-5-7-19(18(10-16)23(24,25)26)28-17-6-4-15-9-14-3-2-13(12-27)8-20(14)29-21(15)11-17/h2-11,28H,1H3. The summed E-state index contributed by atoms with van der Waals surface area (Å²) >= 11 is 0. The molecule has 31 heavy (non-hydrogen) atoms. The third-order valence-electron chi connectivity index (χ3n) is 4.77. The number of ether oxygens (including phenoxy) is 1. The van der Waals surface area contributed by atoms with E-state index in [0.717, 1.165) is 23.9 Å². The third-order valence-corrected chi connectivity index (χ3v) is 4.77. The fourth-order valence-electron chi connectivity index (χ4n) is 3.26. The predicted molar refractivity (Wildman–Crippen MR) is 110 cm³/mol. The summed E-state index contributed by atoms with van der Waals surface area (Å²) in [6.07, 6.45) is -4.68. The highest BCUT2D eigenvalue weighted by molar-refractivity contribution is 5.95. The molecule has 4 rings (SSSR count). The number of carbonyl (C=O) groups excluding carboxylic acids is 1.